The minimum Gasteiger partial charge on any atom is -0.312 e. The molecule has 0 saturated heterocycles. The first-order valence-electron chi connectivity index (χ1n) is 6.75. The minimum atomic E-state index is 0.238. The number of hydrogen-bond donors (Lipinski definition) is 1. The Morgan fingerprint density at radius 3 is 2.00 bits per heavy atom. The maximum absolute atomic E-state index is 3.58. The molecule has 2 heteroatoms. The summed E-state index contributed by atoms with van der Waals surface area (Å²) < 4.78 is 0. The van der Waals surface area contributed by atoms with Crippen LogP contribution < -0.4 is 5.32 Å². The van der Waals surface area contributed by atoms with Crippen LogP contribution in [0.5, 0.6) is 0 Å². The van der Waals surface area contributed by atoms with Crippen molar-refractivity contribution in [1.29, 1.82) is 0 Å². The monoisotopic (exact) mass is 228 g/mol. The molecule has 0 aromatic rings. The van der Waals surface area contributed by atoms with E-state index in [0.29, 0.717) is 5.92 Å². The van der Waals surface area contributed by atoms with Gasteiger partial charge in [-0.2, -0.15) is 0 Å². The van der Waals surface area contributed by atoms with Gasteiger partial charge in [0.1, 0.15) is 0 Å². The number of nitrogens with zero attached hydrogens (tertiary/aromatic N) is 1. The van der Waals surface area contributed by atoms with E-state index in [-0.39, 0.29) is 5.54 Å². The fourth-order valence-corrected chi connectivity index (χ4v) is 2.10. The molecule has 0 saturated carbocycles. The van der Waals surface area contributed by atoms with Crippen LogP contribution in [-0.2, 0) is 0 Å². The van der Waals surface area contributed by atoms with E-state index < -0.39 is 0 Å². The highest BCUT2D eigenvalue weighted by Gasteiger charge is 2.15. The molecule has 0 bridgehead atoms. The molecule has 1 atom stereocenters. The zero-order chi connectivity index (χ0) is 12.8. The van der Waals surface area contributed by atoms with E-state index in [1.54, 1.807) is 0 Å². The first-order chi connectivity index (χ1) is 7.30. The third-order valence-electron chi connectivity index (χ3n) is 3.15. The average molecular weight is 228 g/mol. The Labute approximate surface area is 103 Å². The van der Waals surface area contributed by atoms with Crippen LogP contribution in [-0.4, -0.2) is 36.6 Å². The second kappa shape index (κ2) is 7.29. The second-order valence-corrected chi connectivity index (χ2v) is 6.15. The summed E-state index contributed by atoms with van der Waals surface area (Å²) in [5.74, 6) is 0.713. The summed E-state index contributed by atoms with van der Waals surface area (Å²) in [6, 6.07) is 0.747. The van der Waals surface area contributed by atoms with E-state index in [9.17, 15) is 0 Å². The van der Waals surface area contributed by atoms with Crippen molar-refractivity contribution in [2.75, 3.05) is 20.1 Å². The van der Waals surface area contributed by atoms with Crippen molar-refractivity contribution in [2.45, 2.75) is 66.0 Å². The van der Waals surface area contributed by atoms with Crippen LogP contribution in [0.2, 0.25) is 0 Å². The molecule has 0 fully saturated rings. The molecular weight excluding hydrogens is 196 g/mol. The summed E-state index contributed by atoms with van der Waals surface area (Å²) in [6.07, 6.45) is 2.51. The topological polar surface area (TPSA) is 15.3 Å². The van der Waals surface area contributed by atoms with E-state index in [1.165, 1.54) is 19.4 Å². The van der Waals surface area contributed by atoms with Crippen molar-refractivity contribution in [1.82, 2.24) is 10.2 Å². The van der Waals surface area contributed by atoms with Crippen LogP contribution >= 0.6 is 0 Å². The third-order valence-corrected chi connectivity index (χ3v) is 3.15. The standard InChI is InChI=1S/C14H32N2/c1-8-13(9-2)16(7)11-12(3)10-15-14(4,5)6/h12-13,15H,8-11H2,1-7H3. The van der Waals surface area contributed by atoms with Gasteiger partial charge in [0, 0.05) is 18.1 Å². The van der Waals surface area contributed by atoms with Crippen molar-refractivity contribution in [2.24, 2.45) is 5.92 Å². The van der Waals surface area contributed by atoms with E-state index in [2.05, 4.69) is 58.8 Å². The quantitative estimate of drug-likeness (QED) is 0.720. The van der Waals surface area contributed by atoms with Gasteiger partial charge in [0.2, 0.25) is 0 Å². The van der Waals surface area contributed by atoms with Crippen molar-refractivity contribution in [3.8, 4) is 0 Å². The number of nitrogens with one attached hydrogen (secondary N) is 1. The van der Waals surface area contributed by atoms with Gasteiger partial charge < -0.3 is 10.2 Å². The lowest BCUT2D eigenvalue weighted by Crippen LogP contribution is -2.42. The van der Waals surface area contributed by atoms with Crippen LogP contribution in [0.3, 0.4) is 0 Å². The molecule has 98 valence electrons. The Hall–Kier alpha value is -0.0800. The minimum absolute atomic E-state index is 0.238. The molecule has 0 aliphatic heterocycles. The highest BCUT2D eigenvalue weighted by molar-refractivity contribution is 4.74. The van der Waals surface area contributed by atoms with Gasteiger partial charge in [-0.3, -0.25) is 0 Å². The van der Waals surface area contributed by atoms with Gasteiger partial charge in [0.05, 0.1) is 0 Å². The van der Waals surface area contributed by atoms with Crippen LogP contribution in [0.1, 0.15) is 54.4 Å². The van der Waals surface area contributed by atoms with E-state index in [0.717, 1.165) is 12.6 Å². The van der Waals surface area contributed by atoms with Gasteiger partial charge >= 0.3 is 0 Å². The van der Waals surface area contributed by atoms with Crippen molar-refractivity contribution in [3.05, 3.63) is 0 Å². The first-order valence-corrected chi connectivity index (χ1v) is 6.75. The van der Waals surface area contributed by atoms with Crippen LogP contribution in [0.4, 0.5) is 0 Å². The smallest absolute Gasteiger partial charge is 0.00966 e. The molecule has 0 amide bonds. The van der Waals surface area contributed by atoms with Gasteiger partial charge in [0.15, 0.2) is 0 Å². The molecule has 16 heavy (non-hydrogen) atoms. The Balaban J connectivity index is 3.90. The summed E-state index contributed by atoms with van der Waals surface area (Å²) in [6.45, 7) is 15.9. The molecule has 0 rings (SSSR count). The first kappa shape index (κ1) is 15.9. The molecule has 1 N–H and O–H groups in total. The van der Waals surface area contributed by atoms with Crippen molar-refractivity contribution < 1.29 is 0 Å². The zero-order valence-electron chi connectivity index (χ0n) is 12.4. The lowest BCUT2D eigenvalue weighted by Gasteiger charge is -2.30. The molecule has 0 aliphatic rings. The summed E-state index contributed by atoms with van der Waals surface area (Å²) >= 11 is 0. The Morgan fingerprint density at radius 2 is 1.62 bits per heavy atom. The Morgan fingerprint density at radius 1 is 1.12 bits per heavy atom. The van der Waals surface area contributed by atoms with Gasteiger partial charge in [-0.15, -0.1) is 0 Å². The molecule has 0 aliphatic carbocycles. The molecule has 1 unspecified atom stereocenters. The maximum Gasteiger partial charge on any atom is 0.00966 e. The van der Waals surface area contributed by atoms with E-state index >= 15 is 0 Å². The highest BCUT2D eigenvalue weighted by Crippen LogP contribution is 2.09. The predicted octanol–water partition coefficient (Wildman–Crippen LogP) is 3.13. The fraction of sp³-hybridized carbons (Fsp3) is 1.00. The summed E-state index contributed by atoms with van der Waals surface area (Å²) in [5, 5.41) is 3.58. The van der Waals surface area contributed by atoms with E-state index in [4.69, 9.17) is 0 Å². The number of rotatable bonds is 7. The number of hydrogen-bond acceptors (Lipinski definition) is 2. The summed E-state index contributed by atoms with van der Waals surface area (Å²) in [7, 11) is 2.26. The molecule has 0 radical (unpaired) electrons. The largest absolute Gasteiger partial charge is 0.312 e. The summed E-state index contributed by atoms with van der Waals surface area (Å²) in [5.41, 5.74) is 0.238. The Kier molecular flexibility index (Phi) is 7.25. The molecule has 2 nitrogen and oxygen atoms in total. The predicted molar refractivity (Wildman–Crippen MR) is 73.9 cm³/mol. The van der Waals surface area contributed by atoms with Crippen LogP contribution in [0.15, 0.2) is 0 Å². The zero-order valence-corrected chi connectivity index (χ0v) is 12.4. The molecule has 0 aromatic heterocycles. The maximum atomic E-state index is 3.58. The van der Waals surface area contributed by atoms with Gasteiger partial charge in [-0.05, 0) is 53.1 Å². The van der Waals surface area contributed by atoms with Crippen molar-refractivity contribution >= 4 is 0 Å². The average Bonchev–Trinajstić information content (AvgIpc) is 2.15. The second-order valence-electron chi connectivity index (χ2n) is 6.15. The molecule has 0 spiro atoms. The Bertz CT molecular complexity index is 168. The highest BCUT2D eigenvalue weighted by atomic mass is 15.1. The normalized spacial score (nSPS) is 14.8. The SMILES string of the molecule is CCC(CC)N(C)CC(C)CNC(C)(C)C. The molecule has 0 heterocycles. The van der Waals surface area contributed by atoms with E-state index in [1.807, 2.05) is 0 Å². The van der Waals surface area contributed by atoms with Gasteiger partial charge in [-0.1, -0.05) is 20.8 Å². The molecular formula is C14H32N2. The lowest BCUT2D eigenvalue weighted by atomic mass is 10.0. The lowest BCUT2D eigenvalue weighted by molar-refractivity contribution is 0.195. The van der Waals surface area contributed by atoms with Gasteiger partial charge in [0.25, 0.3) is 0 Å². The van der Waals surface area contributed by atoms with Crippen molar-refractivity contribution in [3.63, 3.8) is 0 Å². The fourth-order valence-electron chi connectivity index (χ4n) is 2.10. The third kappa shape index (κ3) is 7.24. The summed E-state index contributed by atoms with van der Waals surface area (Å²) in [4.78, 5) is 2.51. The van der Waals surface area contributed by atoms with Crippen LogP contribution in [0.25, 0.3) is 0 Å². The van der Waals surface area contributed by atoms with Gasteiger partial charge in [-0.25, -0.2) is 0 Å². The van der Waals surface area contributed by atoms with Crippen LogP contribution in [0, 0.1) is 5.92 Å². The molecule has 0 aromatic carbocycles.